The number of nitrogens with one attached hydrogen (secondary N) is 1. The number of ether oxygens (including phenoxy) is 3. The SMILES string of the molecule is CNCC1COC2(CCC(O)(c3ccc4cc(OC)ccc4c3)CC2)O1. The predicted octanol–water partition coefficient (Wildman–Crippen LogP) is 2.94. The van der Waals surface area contributed by atoms with Gasteiger partial charge in [-0.1, -0.05) is 18.2 Å². The molecule has 2 N–H and O–H groups in total. The van der Waals surface area contributed by atoms with Gasteiger partial charge in [-0.3, -0.25) is 0 Å². The summed E-state index contributed by atoms with van der Waals surface area (Å²) in [6.07, 6.45) is 2.80. The van der Waals surface area contributed by atoms with Crippen LogP contribution in [0, 0.1) is 0 Å². The Kier molecular flexibility index (Phi) is 4.65. The zero-order valence-electron chi connectivity index (χ0n) is 15.5. The van der Waals surface area contributed by atoms with Crippen LogP contribution in [0.1, 0.15) is 31.2 Å². The Bertz CT molecular complexity index is 783. The minimum atomic E-state index is -0.826. The molecule has 1 heterocycles. The molecule has 0 bridgehead atoms. The van der Waals surface area contributed by atoms with Gasteiger partial charge in [-0.05, 0) is 54.4 Å². The lowest BCUT2D eigenvalue weighted by atomic mass is 9.76. The van der Waals surface area contributed by atoms with E-state index < -0.39 is 11.4 Å². The van der Waals surface area contributed by atoms with Gasteiger partial charge in [0.2, 0.25) is 0 Å². The van der Waals surface area contributed by atoms with E-state index in [1.54, 1.807) is 7.11 Å². The zero-order valence-corrected chi connectivity index (χ0v) is 15.5. The molecule has 0 amide bonds. The van der Waals surface area contributed by atoms with Crippen molar-refractivity contribution in [1.29, 1.82) is 0 Å². The molecular formula is C21H27NO4. The van der Waals surface area contributed by atoms with E-state index in [0.717, 1.165) is 28.6 Å². The molecule has 1 aliphatic carbocycles. The standard InChI is InChI=1S/C21H27NO4/c1-22-13-19-14-25-21(26-19)9-7-20(23,8-10-21)17-5-3-16-12-18(24-2)6-4-15(16)11-17/h3-6,11-12,19,22-23H,7-10,13-14H2,1-2H3. The molecule has 140 valence electrons. The molecule has 1 aliphatic heterocycles. The monoisotopic (exact) mass is 357 g/mol. The molecule has 4 rings (SSSR count). The summed E-state index contributed by atoms with van der Waals surface area (Å²) < 4.78 is 17.4. The van der Waals surface area contributed by atoms with E-state index in [2.05, 4.69) is 17.4 Å². The lowest BCUT2D eigenvalue weighted by molar-refractivity contribution is -0.212. The van der Waals surface area contributed by atoms with Crippen LogP contribution >= 0.6 is 0 Å². The van der Waals surface area contributed by atoms with Gasteiger partial charge in [0.25, 0.3) is 0 Å². The van der Waals surface area contributed by atoms with Crippen LogP contribution in [-0.4, -0.2) is 44.3 Å². The Morgan fingerprint density at radius 3 is 2.58 bits per heavy atom. The van der Waals surface area contributed by atoms with E-state index >= 15 is 0 Å². The first-order valence-electron chi connectivity index (χ1n) is 9.33. The van der Waals surface area contributed by atoms with Crippen molar-refractivity contribution >= 4 is 10.8 Å². The molecule has 5 heteroatoms. The van der Waals surface area contributed by atoms with Crippen molar-refractivity contribution < 1.29 is 19.3 Å². The maximum absolute atomic E-state index is 11.3. The van der Waals surface area contributed by atoms with Crippen LogP contribution in [-0.2, 0) is 15.1 Å². The van der Waals surface area contributed by atoms with Gasteiger partial charge in [-0.25, -0.2) is 0 Å². The number of methoxy groups -OCH3 is 1. The van der Waals surface area contributed by atoms with E-state index in [0.29, 0.717) is 32.3 Å². The summed E-state index contributed by atoms with van der Waals surface area (Å²) in [4.78, 5) is 0. The summed E-state index contributed by atoms with van der Waals surface area (Å²) in [5, 5.41) is 16.6. The van der Waals surface area contributed by atoms with Crippen LogP contribution in [0.2, 0.25) is 0 Å². The van der Waals surface area contributed by atoms with Crippen molar-refractivity contribution in [3.8, 4) is 5.75 Å². The fourth-order valence-electron chi connectivity index (χ4n) is 4.18. The first-order valence-corrected chi connectivity index (χ1v) is 9.33. The lowest BCUT2D eigenvalue weighted by Gasteiger charge is -2.41. The predicted molar refractivity (Wildman–Crippen MR) is 100 cm³/mol. The van der Waals surface area contributed by atoms with Crippen molar-refractivity contribution in [3.63, 3.8) is 0 Å². The molecule has 5 nitrogen and oxygen atoms in total. The maximum atomic E-state index is 11.3. The first kappa shape index (κ1) is 17.7. The second-order valence-corrected chi connectivity index (χ2v) is 7.48. The second-order valence-electron chi connectivity index (χ2n) is 7.48. The highest BCUT2D eigenvalue weighted by atomic mass is 16.7. The molecule has 1 unspecified atom stereocenters. The summed E-state index contributed by atoms with van der Waals surface area (Å²) in [6, 6.07) is 12.2. The molecule has 2 aliphatic rings. The van der Waals surface area contributed by atoms with Crippen LogP contribution in [0.5, 0.6) is 5.75 Å². The van der Waals surface area contributed by atoms with Crippen LogP contribution in [0.3, 0.4) is 0 Å². The minimum absolute atomic E-state index is 0.0989. The quantitative estimate of drug-likeness (QED) is 0.881. The number of hydrogen-bond donors (Lipinski definition) is 2. The normalized spacial score (nSPS) is 31.6. The summed E-state index contributed by atoms with van der Waals surface area (Å²) >= 11 is 0. The van der Waals surface area contributed by atoms with E-state index in [4.69, 9.17) is 14.2 Å². The van der Waals surface area contributed by atoms with Crippen LogP contribution in [0.15, 0.2) is 36.4 Å². The fourth-order valence-corrected chi connectivity index (χ4v) is 4.18. The highest BCUT2D eigenvalue weighted by molar-refractivity contribution is 5.84. The van der Waals surface area contributed by atoms with Gasteiger partial charge in [0.1, 0.15) is 5.75 Å². The molecule has 26 heavy (non-hydrogen) atoms. The largest absolute Gasteiger partial charge is 0.497 e. The molecule has 0 aromatic heterocycles. The van der Waals surface area contributed by atoms with Crippen molar-refractivity contribution in [1.82, 2.24) is 5.32 Å². The van der Waals surface area contributed by atoms with Gasteiger partial charge < -0.3 is 24.6 Å². The Morgan fingerprint density at radius 1 is 1.12 bits per heavy atom. The summed E-state index contributed by atoms with van der Waals surface area (Å²) in [5.41, 5.74) is 0.141. The number of hydrogen-bond acceptors (Lipinski definition) is 5. The van der Waals surface area contributed by atoms with E-state index in [1.165, 1.54) is 0 Å². The molecule has 1 atom stereocenters. The van der Waals surface area contributed by atoms with Crippen molar-refractivity contribution in [2.75, 3.05) is 27.3 Å². The smallest absolute Gasteiger partial charge is 0.169 e. The third-order valence-corrected chi connectivity index (χ3v) is 5.77. The third kappa shape index (κ3) is 3.21. The number of rotatable bonds is 4. The molecule has 2 fully saturated rings. The highest BCUT2D eigenvalue weighted by Gasteiger charge is 2.48. The Labute approximate surface area is 154 Å². The van der Waals surface area contributed by atoms with Crippen molar-refractivity contribution in [2.24, 2.45) is 0 Å². The number of likely N-dealkylation sites (N-methyl/N-ethyl adjacent to an activating group) is 1. The van der Waals surface area contributed by atoms with E-state index in [1.807, 2.05) is 31.3 Å². The molecule has 1 saturated carbocycles. The molecular weight excluding hydrogens is 330 g/mol. The molecule has 1 spiro atoms. The van der Waals surface area contributed by atoms with E-state index in [-0.39, 0.29) is 6.10 Å². The first-order chi connectivity index (χ1) is 12.6. The summed E-state index contributed by atoms with van der Waals surface area (Å²) in [7, 11) is 3.59. The molecule has 1 saturated heterocycles. The van der Waals surface area contributed by atoms with Crippen molar-refractivity contribution in [3.05, 3.63) is 42.0 Å². The third-order valence-electron chi connectivity index (χ3n) is 5.77. The number of aliphatic hydroxyl groups is 1. The Morgan fingerprint density at radius 2 is 1.85 bits per heavy atom. The Balaban J connectivity index is 1.51. The second kappa shape index (κ2) is 6.82. The van der Waals surface area contributed by atoms with Gasteiger partial charge in [0, 0.05) is 19.4 Å². The topological polar surface area (TPSA) is 60.0 Å². The molecule has 2 aromatic carbocycles. The van der Waals surface area contributed by atoms with Crippen LogP contribution in [0.4, 0.5) is 0 Å². The van der Waals surface area contributed by atoms with E-state index in [9.17, 15) is 5.11 Å². The average Bonchev–Trinajstić information content (AvgIpc) is 3.07. The van der Waals surface area contributed by atoms with Gasteiger partial charge in [-0.15, -0.1) is 0 Å². The van der Waals surface area contributed by atoms with Gasteiger partial charge in [-0.2, -0.15) is 0 Å². The Hall–Kier alpha value is -1.66. The minimum Gasteiger partial charge on any atom is -0.497 e. The van der Waals surface area contributed by atoms with Gasteiger partial charge in [0.05, 0.1) is 25.4 Å². The zero-order chi connectivity index (χ0) is 18.2. The molecule has 2 aromatic rings. The number of benzene rings is 2. The number of fused-ring (bicyclic) bond motifs is 1. The summed E-state index contributed by atoms with van der Waals surface area (Å²) in [5.74, 6) is 0.327. The fraction of sp³-hybridized carbons (Fsp3) is 0.524. The van der Waals surface area contributed by atoms with Gasteiger partial charge in [0.15, 0.2) is 5.79 Å². The average molecular weight is 357 g/mol. The van der Waals surface area contributed by atoms with Crippen LogP contribution < -0.4 is 10.1 Å². The maximum Gasteiger partial charge on any atom is 0.169 e. The highest BCUT2D eigenvalue weighted by Crippen LogP contribution is 2.46. The van der Waals surface area contributed by atoms with Gasteiger partial charge >= 0.3 is 0 Å². The molecule has 0 radical (unpaired) electrons. The lowest BCUT2D eigenvalue weighted by Crippen LogP contribution is -2.43. The van der Waals surface area contributed by atoms with Crippen molar-refractivity contribution in [2.45, 2.75) is 43.2 Å². The van der Waals surface area contributed by atoms with Crippen LogP contribution in [0.25, 0.3) is 10.8 Å². The summed E-state index contributed by atoms with van der Waals surface area (Å²) in [6.45, 7) is 1.41.